The lowest BCUT2D eigenvalue weighted by Crippen LogP contribution is -1.95. The zero-order valence-corrected chi connectivity index (χ0v) is 15.1. The highest BCUT2D eigenvalue weighted by molar-refractivity contribution is 9.10. The molecule has 1 aromatic heterocycles. The number of benzene rings is 2. The molecule has 1 nitrogen and oxygen atoms in total. The first-order chi connectivity index (χ1) is 10.1. The van der Waals surface area contributed by atoms with Crippen molar-refractivity contribution in [3.8, 4) is 5.75 Å². The Morgan fingerprint density at radius 2 is 1.95 bits per heavy atom. The van der Waals surface area contributed by atoms with Crippen molar-refractivity contribution in [3.63, 3.8) is 0 Å². The third kappa shape index (κ3) is 3.00. The standard InChI is InChI=1S/C16H11Br2FOS/c1-20-13-5-3-10(17)7-12(13)16(18)15-6-9-2-4-11(19)8-14(9)21-15/h2-8,16H,1H3. The van der Waals surface area contributed by atoms with Gasteiger partial charge in [-0.2, -0.15) is 0 Å². The SMILES string of the molecule is COc1ccc(Br)cc1C(Br)c1cc2ccc(F)cc2s1. The number of hydrogen-bond donors (Lipinski definition) is 0. The van der Waals surface area contributed by atoms with Crippen LogP contribution in [0.15, 0.2) is 46.9 Å². The summed E-state index contributed by atoms with van der Waals surface area (Å²) in [7, 11) is 1.66. The summed E-state index contributed by atoms with van der Waals surface area (Å²) in [6.45, 7) is 0. The van der Waals surface area contributed by atoms with Crippen molar-refractivity contribution < 1.29 is 9.13 Å². The summed E-state index contributed by atoms with van der Waals surface area (Å²) in [5, 5.41) is 1.05. The van der Waals surface area contributed by atoms with Gasteiger partial charge in [-0.25, -0.2) is 4.39 Å². The van der Waals surface area contributed by atoms with Crippen LogP contribution in [0.2, 0.25) is 0 Å². The molecule has 1 atom stereocenters. The van der Waals surface area contributed by atoms with E-state index in [9.17, 15) is 4.39 Å². The molecule has 21 heavy (non-hydrogen) atoms. The molecule has 0 fully saturated rings. The minimum atomic E-state index is -0.206. The molecule has 108 valence electrons. The Balaban J connectivity index is 2.07. The molecule has 2 aromatic carbocycles. The van der Waals surface area contributed by atoms with E-state index in [1.165, 1.54) is 6.07 Å². The molecule has 5 heteroatoms. The molecule has 3 aromatic rings. The second-order valence-electron chi connectivity index (χ2n) is 4.58. The van der Waals surface area contributed by atoms with E-state index in [0.717, 1.165) is 30.7 Å². The number of fused-ring (bicyclic) bond motifs is 1. The van der Waals surface area contributed by atoms with Crippen molar-refractivity contribution in [1.82, 2.24) is 0 Å². The quantitative estimate of drug-likeness (QED) is 0.444. The summed E-state index contributed by atoms with van der Waals surface area (Å²) < 4.78 is 20.7. The molecule has 0 aliphatic carbocycles. The maximum absolute atomic E-state index is 13.3. The van der Waals surface area contributed by atoms with Gasteiger partial charge in [-0.3, -0.25) is 0 Å². The van der Waals surface area contributed by atoms with Crippen LogP contribution in [0, 0.1) is 5.82 Å². The molecule has 1 unspecified atom stereocenters. The van der Waals surface area contributed by atoms with Crippen LogP contribution in [-0.2, 0) is 0 Å². The van der Waals surface area contributed by atoms with Gasteiger partial charge in [0.05, 0.1) is 11.9 Å². The molecule has 0 aliphatic heterocycles. The van der Waals surface area contributed by atoms with E-state index >= 15 is 0 Å². The summed E-state index contributed by atoms with van der Waals surface area (Å²) in [6, 6.07) is 12.9. The lowest BCUT2D eigenvalue weighted by Gasteiger charge is -2.13. The molecular weight excluding hydrogens is 419 g/mol. The smallest absolute Gasteiger partial charge is 0.124 e. The number of thiophene rings is 1. The summed E-state index contributed by atoms with van der Waals surface area (Å²) in [4.78, 5) is 1.12. The van der Waals surface area contributed by atoms with Gasteiger partial charge >= 0.3 is 0 Å². The van der Waals surface area contributed by atoms with E-state index in [1.54, 1.807) is 24.5 Å². The van der Waals surface area contributed by atoms with Crippen molar-refractivity contribution in [2.45, 2.75) is 4.83 Å². The topological polar surface area (TPSA) is 9.23 Å². The van der Waals surface area contributed by atoms with E-state index in [4.69, 9.17) is 4.74 Å². The Morgan fingerprint density at radius 1 is 1.14 bits per heavy atom. The fourth-order valence-electron chi connectivity index (χ4n) is 2.21. The highest BCUT2D eigenvalue weighted by Gasteiger charge is 2.18. The van der Waals surface area contributed by atoms with Gasteiger partial charge in [0.15, 0.2) is 0 Å². The first-order valence-corrected chi connectivity index (χ1v) is 8.77. The molecule has 3 rings (SSSR count). The van der Waals surface area contributed by atoms with E-state index < -0.39 is 0 Å². The van der Waals surface area contributed by atoms with E-state index in [2.05, 4.69) is 37.9 Å². The highest BCUT2D eigenvalue weighted by atomic mass is 79.9. The molecule has 0 N–H and O–H groups in total. The van der Waals surface area contributed by atoms with Gasteiger partial charge in [-0.1, -0.05) is 37.9 Å². The Hall–Kier alpha value is -0.910. The summed E-state index contributed by atoms with van der Waals surface area (Å²) in [5.41, 5.74) is 1.04. The van der Waals surface area contributed by atoms with E-state index in [0.29, 0.717) is 0 Å². The maximum atomic E-state index is 13.3. The Labute approximate surface area is 143 Å². The van der Waals surface area contributed by atoms with E-state index in [1.807, 2.05) is 24.3 Å². The first kappa shape index (κ1) is 15.0. The number of ether oxygens (including phenoxy) is 1. The summed E-state index contributed by atoms with van der Waals surface area (Å²) in [5.74, 6) is 0.616. The van der Waals surface area contributed by atoms with Gasteiger partial charge in [0.25, 0.3) is 0 Å². The minimum Gasteiger partial charge on any atom is -0.496 e. The van der Waals surface area contributed by atoms with Crippen molar-refractivity contribution in [2.75, 3.05) is 7.11 Å². The minimum absolute atomic E-state index is 0.00501. The fraction of sp³-hybridized carbons (Fsp3) is 0.125. The molecule has 0 radical (unpaired) electrons. The molecular formula is C16H11Br2FOS. The van der Waals surface area contributed by atoms with Crippen LogP contribution in [0.4, 0.5) is 4.39 Å². The molecule has 0 bridgehead atoms. The zero-order chi connectivity index (χ0) is 15.0. The average Bonchev–Trinajstić information content (AvgIpc) is 2.89. The molecule has 1 heterocycles. The Morgan fingerprint density at radius 3 is 2.71 bits per heavy atom. The Bertz CT molecular complexity index is 800. The monoisotopic (exact) mass is 428 g/mol. The largest absolute Gasteiger partial charge is 0.496 e. The van der Waals surface area contributed by atoms with Gasteiger partial charge in [0.1, 0.15) is 11.6 Å². The van der Waals surface area contributed by atoms with E-state index in [-0.39, 0.29) is 10.6 Å². The van der Waals surface area contributed by atoms with Gasteiger partial charge < -0.3 is 4.74 Å². The van der Waals surface area contributed by atoms with Crippen LogP contribution < -0.4 is 4.74 Å². The molecule has 0 amide bonds. The zero-order valence-electron chi connectivity index (χ0n) is 11.1. The average molecular weight is 430 g/mol. The van der Waals surface area contributed by atoms with Crippen LogP contribution in [0.3, 0.4) is 0 Å². The van der Waals surface area contributed by atoms with Gasteiger partial charge in [0.2, 0.25) is 0 Å². The second-order valence-corrected chi connectivity index (χ2v) is 7.53. The van der Waals surface area contributed by atoms with Crippen LogP contribution in [0.5, 0.6) is 5.75 Å². The number of halogens is 3. The van der Waals surface area contributed by atoms with Gasteiger partial charge in [-0.15, -0.1) is 11.3 Å². The van der Waals surface area contributed by atoms with Crippen LogP contribution in [-0.4, -0.2) is 7.11 Å². The van der Waals surface area contributed by atoms with Crippen LogP contribution in [0.1, 0.15) is 15.3 Å². The van der Waals surface area contributed by atoms with Crippen molar-refractivity contribution in [3.05, 3.63) is 63.2 Å². The number of methoxy groups -OCH3 is 1. The fourth-order valence-corrected chi connectivity index (χ4v) is 4.44. The van der Waals surface area contributed by atoms with Gasteiger partial charge in [0, 0.05) is 19.6 Å². The summed E-state index contributed by atoms with van der Waals surface area (Å²) >= 11 is 8.80. The first-order valence-electron chi connectivity index (χ1n) is 6.25. The maximum Gasteiger partial charge on any atom is 0.124 e. The normalized spacial score (nSPS) is 12.6. The summed E-state index contributed by atoms with van der Waals surface area (Å²) in [6.07, 6.45) is 0. The highest BCUT2D eigenvalue weighted by Crippen LogP contribution is 2.42. The third-order valence-corrected chi connectivity index (χ3v) is 6.16. The van der Waals surface area contributed by atoms with Gasteiger partial charge in [-0.05, 0) is 41.8 Å². The molecule has 0 saturated heterocycles. The lowest BCUT2D eigenvalue weighted by molar-refractivity contribution is 0.410. The second kappa shape index (κ2) is 6.07. The van der Waals surface area contributed by atoms with Crippen LogP contribution in [0.25, 0.3) is 10.1 Å². The number of hydrogen-bond acceptors (Lipinski definition) is 2. The predicted molar refractivity (Wildman–Crippen MR) is 93.2 cm³/mol. The number of alkyl halides is 1. The van der Waals surface area contributed by atoms with Crippen LogP contribution >= 0.6 is 43.2 Å². The third-order valence-electron chi connectivity index (χ3n) is 3.22. The van der Waals surface area contributed by atoms with Crippen molar-refractivity contribution in [1.29, 1.82) is 0 Å². The Kier molecular flexibility index (Phi) is 4.33. The molecule has 0 aliphatic rings. The molecule has 0 spiro atoms. The lowest BCUT2D eigenvalue weighted by atomic mass is 10.1. The predicted octanol–water partition coefficient (Wildman–Crippen LogP) is 6.30. The molecule has 0 saturated carbocycles. The number of rotatable bonds is 3. The van der Waals surface area contributed by atoms with Crippen molar-refractivity contribution in [2.24, 2.45) is 0 Å². The van der Waals surface area contributed by atoms with Crippen molar-refractivity contribution >= 4 is 53.3 Å².